The van der Waals surface area contributed by atoms with Crippen LogP contribution >= 0.6 is 11.3 Å². The molecule has 1 aromatic heterocycles. The average molecular weight is 278 g/mol. The van der Waals surface area contributed by atoms with Crippen LogP contribution in [0.5, 0.6) is 0 Å². The molecule has 0 aromatic carbocycles. The molecule has 2 aliphatic rings. The molecule has 2 bridgehead atoms. The first-order valence-corrected chi connectivity index (χ1v) is 8.49. The molecule has 0 amide bonds. The number of piperidine rings is 2. The van der Waals surface area contributed by atoms with Gasteiger partial charge in [-0.15, -0.1) is 11.3 Å². The number of aryl methyl sites for hydroxylation is 1. The Morgan fingerprint density at radius 3 is 2.53 bits per heavy atom. The summed E-state index contributed by atoms with van der Waals surface area (Å²) in [6.07, 6.45) is 6.91. The van der Waals surface area contributed by atoms with E-state index in [2.05, 4.69) is 43.2 Å². The first-order chi connectivity index (χ1) is 9.13. The summed E-state index contributed by atoms with van der Waals surface area (Å²) in [5.41, 5.74) is 0. The molecule has 0 saturated carbocycles. The van der Waals surface area contributed by atoms with E-state index in [1.807, 2.05) is 11.3 Å². The van der Waals surface area contributed by atoms with Gasteiger partial charge in [0.15, 0.2) is 0 Å². The molecule has 2 saturated heterocycles. The van der Waals surface area contributed by atoms with Crippen molar-refractivity contribution in [2.75, 3.05) is 7.05 Å². The van der Waals surface area contributed by atoms with E-state index in [4.69, 9.17) is 0 Å². The van der Waals surface area contributed by atoms with Gasteiger partial charge < -0.3 is 10.2 Å². The van der Waals surface area contributed by atoms with Gasteiger partial charge in [0.2, 0.25) is 0 Å². The summed E-state index contributed by atoms with van der Waals surface area (Å²) in [6.45, 7) is 4.51. The van der Waals surface area contributed by atoms with E-state index in [0.717, 1.165) is 12.1 Å². The maximum absolute atomic E-state index is 3.88. The van der Waals surface area contributed by atoms with E-state index in [0.29, 0.717) is 12.1 Å². The Balaban J connectivity index is 1.61. The third kappa shape index (κ3) is 2.88. The molecular formula is C16H26N2S. The van der Waals surface area contributed by atoms with Gasteiger partial charge in [-0.05, 0) is 58.7 Å². The van der Waals surface area contributed by atoms with Crippen molar-refractivity contribution >= 4 is 11.3 Å². The molecule has 2 aliphatic heterocycles. The van der Waals surface area contributed by atoms with Crippen LogP contribution in [-0.2, 0) is 0 Å². The Labute approximate surface area is 121 Å². The van der Waals surface area contributed by atoms with Crippen molar-refractivity contribution in [3.63, 3.8) is 0 Å². The predicted octanol–water partition coefficient (Wildman–Crippen LogP) is 3.72. The molecule has 0 radical (unpaired) electrons. The summed E-state index contributed by atoms with van der Waals surface area (Å²) in [5.74, 6) is 0. The van der Waals surface area contributed by atoms with Crippen LogP contribution < -0.4 is 5.32 Å². The lowest BCUT2D eigenvalue weighted by Crippen LogP contribution is -2.54. The fourth-order valence-corrected chi connectivity index (χ4v) is 4.76. The van der Waals surface area contributed by atoms with Crippen LogP contribution in [-0.4, -0.2) is 30.1 Å². The van der Waals surface area contributed by atoms with Gasteiger partial charge in [-0.3, -0.25) is 0 Å². The fraction of sp³-hybridized carbons (Fsp3) is 0.750. The molecule has 3 atom stereocenters. The third-order valence-electron chi connectivity index (χ3n) is 5.01. The SMILES string of the molecule is Cc1ccc(C(C)NC2CC3CCCC(C2)N3C)s1. The summed E-state index contributed by atoms with van der Waals surface area (Å²) in [5, 5.41) is 3.88. The molecule has 3 rings (SSSR count). The Kier molecular flexibility index (Phi) is 3.97. The van der Waals surface area contributed by atoms with Gasteiger partial charge in [0.1, 0.15) is 0 Å². The highest BCUT2D eigenvalue weighted by Crippen LogP contribution is 2.34. The largest absolute Gasteiger partial charge is 0.307 e. The van der Waals surface area contributed by atoms with E-state index < -0.39 is 0 Å². The molecule has 0 aliphatic carbocycles. The molecule has 2 fully saturated rings. The zero-order valence-electron chi connectivity index (χ0n) is 12.4. The van der Waals surface area contributed by atoms with Crippen LogP contribution in [0, 0.1) is 6.92 Å². The Bertz CT molecular complexity index is 414. The Morgan fingerprint density at radius 1 is 1.26 bits per heavy atom. The second-order valence-corrected chi connectivity index (χ2v) is 7.73. The fourth-order valence-electron chi connectivity index (χ4n) is 3.87. The number of hydrogen-bond acceptors (Lipinski definition) is 3. The van der Waals surface area contributed by atoms with Crippen LogP contribution in [0.4, 0.5) is 0 Å². The molecule has 0 spiro atoms. The topological polar surface area (TPSA) is 15.3 Å². The van der Waals surface area contributed by atoms with Crippen LogP contribution in [0.2, 0.25) is 0 Å². The van der Waals surface area contributed by atoms with E-state index >= 15 is 0 Å². The summed E-state index contributed by atoms with van der Waals surface area (Å²) >= 11 is 1.93. The number of nitrogens with zero attached hydrogens (tertiary/aromatic N) is 1. The van der Waals surface area contributed by atoms with Crippen LogP contribution in [0.3, 0.4) is 0 Å². The molecule has 3 heterocycles. The summed E-state index contributed by atoms with van der Waals surface area (Å²) in [7, 11) is 2.33. The number of fused-ring (bicyclic) bond motifs is 2. The van der Waals surface area contributed by atoms with Crippen molar-refractivity contribution in [1.82, 2.24) is 10.2 Å². The third-order valence-corrected chi connectivity index (χ3v) is 6.20. The minimum Gasteiger partial charge on any atom is -0.307 e. The van der Waals surface area contributed by atoms with Gasteiger partial charge in [-0.25, -0.2) is 0 Å². The van der Waals surface area contributed by atoms with Gasteiger partial charge in [0, 0.05) is 33.9 Å². The molecule has 1 aromatic rings. The monoisotopic (exact) mass is 278 g/mol. The first-order valence-electron chi connectivity index (χ1n) is 7.68. The van der Waals surface area contributed by atoms with E-state index in [9.17, 15) is 0 Å². The predicted molar refractivity (Wildman–Crippen MR) is 82.8 cm³/mol. The van der Waals surface area contributed by atoms with Gasteiger partial charge in [-0.1, -0.05) is 6.42 Å². The minimum absolute atomic E-state index is 0.507. The highest BCUT2D eigenvalue weighted by Gasteiger charge is 2.36. The van der Waals surface area contributed by atoms with Crippen LogP contribution in [0.15, 0.2) is 12.1 Å². The molecule has 19 heavy (non-hydrogen) atoms. The van der Waals surface area contributed by atoms with E-state index in [-0.39, 0.29) is 0 Å². The second kappa shape index (κ2) is 5.55. The minimum atomic E-state index is 0.507. The lowest BCUT2D eigenvalue weighted by molar-refractivity contribution is 0.0464. The molecular weight excluding hydrogens is 252 g/mol. The average Bonchev–Trinajstić information content (AvgIpc) is 2.77. The summed E-state index contributed by atoms with van der Waals surface area (Å²) in [6, 6.07) is 7.39. The molecule has 3 unspecified atom stereocenters. The van der Waals surface area contributed by atoms with Gasteiger partial charge >= 0.3 is 0 Å². The van der Waals surface area contributed by atoms with Crippen molar-refractivity contribution in [2.45, 2.75) is 70.1 Å². The maximum atomic E-state index is 3.88. The van der Waals surface area contributed by atoms with Crippen molar-refractivity contribution in [1.29, 1.82) is 0 Å². The number of rotatable bonds is 3. The first kappa shape index (κ1) is 13.6. The lowest BCUT2D eigenvalue weighted by Gasteiger charge is -2.47. The molecule has 106 valence electrons. The van der Waals surface area contributed by atoms with E-state index in [1.54, 1.807) is 0 Å². The van der Waals surface area contributed by atoms with Crippen molar-refractivity contribution in [3.8, 4) is 0 Å². The molecule has 2 nitrogen and oxygen atoms in total. The number of hydrogen-bond donors (Lipinski definition) is 1. The second-order valence-electron chi connectivity index (χ2n) is 6.41. The number of nitrogens with one attached hydrogen (secondary N) is 1. The van der Waals surface area contributed by atoms with Gasteiger partial charge in [0.05, 0.1) is 0 Å². The number of thiophene rings is 1. The zero-order chi connectivity index (χ0) is 13.4. The molecule has 1 N–H and O–H groups in total. The lowest BCUT2D eigenvalue weighted by atomic mass is 9.82. The Hall–Kier alpha value is -0.380. The van der Waals surface area contributed by atoms with Crippen molar-refractivity contribution < 1.29 is 0 Å². The van der Waals surface area contributed by atoms with E-state index in [1.165, 1.54) is 41.9 Å². The van der Waals surface area contributed by atoms with Crippen LogP contribution in [0.1, 0.15) is 54.8 Å². The standard InChI is InChI=1S/C16H26N2S/c1-11-7-8-16(19-11)12(2)17-13-9-14-5-4-6-15(10-13)18(14)3/h7-8,12-15,17H,4-6,9-10H2,1-3H3. The molecule has 3 heteroatoms. The van der Waals surface area contributed by atoms with Crippen LogP contribution in [0.25, 0.3) is 0 Å². The zero-order valence-corrected chi connectivity index (χ0v) is 13.2. The summed E-state index contributed by atoms with van der Waals surface area (Å²) in [4.78, 5) is 5.55. The smallest absolute Gasteiger partial charge is 0.0388 e. The quantitative estimate of drug-likeness (QED) is 0.906. The van der Waals surface area contributed by atoms with Crippen molar-refractivity contribution in [3.05, 3.63) is 21.9 Å². The highest BCUT2D eigenvalue weighted by molar-refractivity contribution is 7.12. The summed E-state index contributed by atoms with van der Waals surface area (Å²) < 4.78 is 0. The van der Waals surface area contributed by atoms with Crippen molar-refractivity contribution in [2.24, 2.45) is 0 Å². The maximum Gasteiger partial charge on any atom is 0.0388 e. The Morgan fingerprint density at radius 2 is 1.95 bits per heavy atom. The normalized spacial score (nSPS) is 33.3. The van der Waals surface area contributed by atoms with Gasteiger partial charge in [-0.2, -0.15) is 0 Å². The highest BCUT2D eigenvalue weighted by atomic mass is 32.1. The van der Waals surface area contributed by atoms with Gasteiger partial charge in [0.25, 0.3) is 0 Å².